The van der Waals surface area contributed by atoms with Crippen LogP contribution in [0.4, 0.5) is 13.2 Å². The van der Waals surface area contributed by atoms with Crippen LogP contribution in [0.25, 0.3) is 11.1 Å². The maximum atomic E-state index is 13.7. The van der Waals surface area contributed by atoms with Crippen molar-refractivity contribution in [1.29, 1.82) is 5.26 Å². The minimum Gasteiger partial charge on any atom is -0.207 e. The van der Waals surface area contributed by atoms with Gasteiger partial charge in [0.2, 0.25) is 0 Å². The molecule has 0 radical (unpaired) electrons. The first kappa shape index (κ1) is 12.2. The van der Waals surface area contributed by atoms with Crippen LogP contribution in [0.1, 0.15) is 5.56 Å². The van der Waals surface area contributed by atoms with Crippen LogP contribution in [0.5, 0.6) is 0 Å². The molecular formula is C14H8F3N. The molecule has 0 atom stereocenters. The molecular weight excluding hydrogens is 239 g/mol. The molecule has 0 amide bonds. The molecule has 4 heteroatoms. The van der Waals surface area contributed by atoms with E-state index in [-0.39, 0.29) is 12.0 Å². The largest absolute Gasteiger partial charge is 0.207 e. The minimum atomic E-state index is -0.997. The van der Waals surface area contributed by atoms with Crippen molar-refractivity contribution < 1.29 is 13.2 Å². The number of rotatable bonds is 2. The summed E-state index contributed by atoms with van der Waals surface area (Å²) in [7, 11) is 0. The van der Waals surface area contributed by atoms with Gasteiger partial charge in [-0.2, -0.15) is 5.26 Å². The van der Waals surface area contributed by atoms with Crippen molar-refractivity contribution in [1.82, 2.24) is 0 Å². The zero-order valence-corrected chi connectivity index (χ0v) is 9.25. The molecule has 0 heterocycles. The standard InChI is InChI=1S/C14H8F3N/c15-10-4-5-11(9(8-10)6-7-18)12-2-1-3-13(16)14(12)17/h1-5,8H,6H2. The summed E-state index contributed by atoms with van der Waals surface area (Å²) in [5, 5.41) is 8.67. The highest BCUT2D eigenvalue weighted by atomic mass is 19.2. The van der Waals surface area contributed by atoms with Crippen molar-refractivity contribution in [2.75, 3.05) is 0 Å². The SMILES string of the molecule is N#CCc1cc(F)ccc1-c1cccc(F)c1F. The van der Waals surface area contributed by atoms with E-state index in [4.69, 9.17) is 5.26 Å². The van der Waals surface area contributed by atoms with Crippen molar-refractivity contribution in [2.45, 2.75) is 6.42 Å². The van der Waals surface area contributed by atoms with Crippen LogP contribution in [0.3, 0.4) is 0 Å². The Morgan fingerprint density at radius 2 is 1.78 bits per heavy atom. The molecule has 0 spiro atoms. The molecule has 0 aliphatic heterocycles. The lowest BCUT2D eigenvalue weighted by Gasteiger charge is -2.08. The molecule has 0 N–H and O–H groups in total. The highest BCUT2D eigenvalue weighted by molar-refractivity contribution is 5.68. The van der Waals surface area contributed by atoms with Crippen molar-refractivity contribution >= 4 is 0 Å². The van der Waals surface area contributed by atoms with Gasteiger partial charge in [-0.25, -0.2) is 13.2 Å². The molecule has 0 aliphatic carbocycles. The van der Waals surface area contributed by atoms with Crippen LogP contribution in [0.15, 0.2) is 36.4 Å². The molecule has 0 aromatic heterocycles. The van der Waals surface area contributed by atoms with E-state index in [1.54, 1.807) is 0 Å². The predicted octanol–water partition coefficient (Wildman–Crippen LogP) is 3.84. The average molecular weight is 247 g/mol. The van der Waals surface area contributed by atoms with Gasteiger partial charge in [0.15, 0.2) is 11.6 Å². The molecule has 0 saturated heterocycles. The van der Waals surface area contributed by atoms with E-state index in [0.717, 1.165) is 18.2 Å². The number of hydrogen-bond donors (Lipinski definition) is 0. The van der Waals surface area contributed by atoms with Crippen molar-refractivity contribution in [3.63, 3.8) is 0 Å². The predicted molar refractivity (Wildman–Crippen MR) is 61.1 cm³/mol. The Morgan fingerprint density at radius 1 is 1.00 bits per heavy atom. The van der Waals surface area contributed by atoms with Gasteiger partial charge in [0.1, 0.15) is 5.82 Å². The summed E-state index contributed by atoms with van der Waals surface area (Å²) < 4.78 is 39.9. The van der Waals surface area contributed by atoms with Crippen LogP contribution in [-0.2, 0) is 6.42 Å². The topological polar surface area (TPSA) is 23.8 Å². The summed E-state index contributed by atoms with van der Waals surface area (Å²) in [6.45, 7) is 0. The third-order valence-electron chi connectivity index (χ3n) is 2.58. The Balaban J connectivity index is 2.64. The van der Waals surface area contributed by atoms with Crippen LogP contribution in [0.2, 0.25) is 0 Å². The Morgan fingerprint density at radius 3 is 2.50 bits per heavy atom. The lowest BCUT2D eigenvalue weighted by atomic mass is 9.97. The summed E-state index contributed by atoms with van der Waals surface area (Å²) in [4.78, 5) is 0. The van der Waals surface area contributed by atoms with E-state index in [9.17, 15) is 13.2 Å². The third kappa shape index (κ3) is 2.21. The molecule has 0 unspecified atom stereocenters. The quantitative estimate of drug-likeness (QED) is 0.791. The number of hydrogen-bond acceptors (Lipinski definition) is 1. The first-order chi connectivity index (χ1) is 8.63. The van der Waals surface area contributed by atoms with Gasteiger partial charge in [0.05, 0.1) is 12.5 Å². The normalized spacial score (nSPS) is 10.1. The monoisotopic (exact) mass is 247 g/mol. The van der Waals surface area contributed by atoms with Gasteiger partial charge in [-0.1, -0.05) is 18.2 Å². The Hall–Kier alpha value is -2.28. The molecule has 2 aromatic rings. The average Bonchev–Trinajstić information content (AvgIpc) is 2.34. The van der Waals surface area contributed by atoms with Crippen LogP contribution >= 0.6 is 0 Å². The van der Waals surface area contributed by atoms with Gasteiger partial charge in [-0.3, -0.25) is 0 Å². The smallest absolute Gasteiger partial charge is 0.166 e. The second-order valence-electron chi connectivity index (χ2n) is 3.74. The van der Waals surface area contributed by atoms with Gasteiger partial charge in [-0.05, 0) is 29.3 Å². The third-order valence-corrected chi connectivity index (χ3v) is 2.58. The number of nitriles is 1. The van der Waals surface area contributed by atoms with Crippen LogP contribution < -0.4 is 0 Å². The molecule has 90 valence electrons. The molecule has 0 bridgehead atoms. The van der Waals surface area contributed by atoms with Gasteiger partial charge in [0.25, 0.3) is 0 Å². The fourth-order valence-corrected chi connectivity index (χ4v) is 1.77. The van der Waals surface area contributed by atoms with Gasteiger partial charge in [0, 0.05) is 5.56 Å². The van der Waals surface area contributed by atoms with Gasteiger partial charge >= 0.3 is 0 Å². The second kappa shape index (κ2) is 4.92. The molecule has 18 heavy (non-hydrogen) atoms. The highest BCUT2D eigenvalue weighted by Gasteiger charge is 2.13. The number of nitrogens with zero attached hydrogens (tertiary/aromatic N) is 1. The maximum absolute atomic E-state index is 13.7. The summed E-state index contributed by atoms with van der Waals surface area (Å²) in [5.74, 6) is -2.48. The molecule has 0 fully saturated rings. The van der Waals surface area contributed by atoms with Crippen LogP contribution in [-0.4, -0.2) is 0 Å². The molecule has 1 nitrogen and oxygen atoms in total. The molecule has 2 aromatic carbocycles. The van der Waals surface area contributed by atoms with Crippen LogP contribution in [0, 0.1) is 28.8 Å². The van der Waals surface area contributed by atoms with E-state index >= 15 is 0 Å². The van der Waals surface area contributed by atoms with Crippen molar-refractivity contribution in [2.24, 2.45) is 0 Å². The zero-order chi connectivity index (χ0) is 13.1. The van der Waals surface area contributed by atoms with E-state index < -0.39 is 17.5 Å². The summed E-state index contributed by atoms with van der Waals surface area (Å²) in [6, 6.07) is 9.30. The Kier molecular flexibility index (Phi) is 3.33. The molecule has 2 rings (SSSR count). The van der Waals surface area contributed by atoms with Crippen molar-refractivity contribution in [3.05, 3.63) is 59.4 Å². The molecule has 0 saturated carbocycles. The zero-order valence-electron chi connectivity index (χ0n) is 9.25. The lowest BCUT2D eigenvalue weighted by Crippen LogP contribution is -1.94. The van der Waals surface area contributed by atoms with Gasteiger partial charge < -0.3 is 0 Å². The first-order valence-corrected chi connectivity index (χ1v) is 5.23. The van der Waals surface area contributed by atoms with Crippen molar-refractivity contribution in [3.8, 4) is 17.2 Å². The molecule has 0 aliphatic rings. The highest BCUT2D eigenvalue weighted by Crippen LogP contribution is 2.28. The van der Waals surface area contributed by atoms with E-state index in [0.29, 0.717) is 11.1 Å². The lowest BCUT2D eigenvalue weighted by molar-refractivity contribution is 0.511. The maximum Gasteiger partial charge on any atom is 0.166 e. The van der Waals surface area contributed by atoms with E-state index in [1.165, 1.54) is 18.2 Å². The summed E-state index contributed by atoms with van der Waals surface area (Å²) in [6.07, 6.45) is -0.0664. The second-order valence-corrected chi connectivity index (χ2v) is 3.74. The number of benzene rings is 2. The summed E-state index contributed by atoms with van der Waals surface area (Å²) >= 11 is 0. The van der Waals surface area contributed by atoms with Gasteiger partial charge in [-0.15, -0.1) is 0 Å². The summed E-state index contributed by atoms with van der Waals surface area (Å²) in [5.41, 5.74) is 0.692. The fraction of sp³-hybridized carbons (Fsp3) is 0.0714. The fourth-order valence-electron chi connectivity index (χ4n) is 1.77. The van der Waals surface area contributed by atoms with E-state index in [2.05, 4.69) is 0 Å². The Bertz CT molecular complexity index is 629. The Labute approximate surface area is 102 Å². The number of halogens is 3. The minimum absolute atomic E-state index is 0.0280. The first-order valence-electron chi connectivity index (χ1n) is 5.23. The van der Waals surface area contributed by atoms with E-state index in [1.807, 2.05) is 6.07 Å².